The van der Waals surface area contributed by atoms with Gasteiger partial charge >= 0.3 is 0 Å². The molecular weight excluding hydrogens is 238 g/mol. The zero-order chi connectivity index (χ0) is 13.8. The van der Waals surface area contributed by atoms with Crippen LogP contribution in [0.4, 0.5) is 0 Å². The number of nitrogens with zero attached hydrogens (tertiary/aromatic N) is 2. The third kappa shape index (κ3) is 3.16. The zero-order valence-electron chi connectivity index (χ0n) is 11.2. The van der Waals surface area contributed by atoms with E-state index >= 15 is 0 Å². The molecule has 0 saturated heterocycles. The number of carbonyl (C=O) groups is 1. The third-order valence-corrected chi connectivity index (χ3v) is 2.86. The minimum absolute atomic E-state index is 0.0626. The van der Waals surface area contributed by atoms with Crippen LogP contribution in [0.5, 0.6) is 0 Å². The number of rotatable bonds is 4. The molecule has 0 atom stereocenters. The normalized spacial score (nSPS) is 10.4. The average molecular weight is 255 g/mol. The molecule has 1 aromatic carbocycles. The summed E-state index contributed by atoms with van der Waals surface area (Å²) in [7, 11) is 0. The first kappa shape index (κ1) is 13.2. The molecule has 0 aliphatic carbocycles. The Hall–Kier alpha value is -2.23. The van der Waals surface area contributed by atoms with Crippen LogP contribution in [0.15, 0.2) is 30.3 Å². The summed E-state index contributed by atoms with van der Waals surface area (Å²) in [5.41, 5.74) is 8.95. The topological polar surface area (TPSA) is 68.9 Å². The lowest BCUT2D eigenvalue weighted by atomic mass is 10.1. The molecule has 0 aliphatic heterocycles. The summed E-state index contributed by atoms with van der Waals surface area (Å²) in [5.74, 6) is -0.541. The molecule has 0 unspecified atom stereocenters. The number of hydrogen-bond donors (Lipinski definition) is 1. The molecular formula is C15H17N3O. The van der Waals surface area contributed by atoms with Gasteiger partial charge in [0.15, 0.2) is 0 Å². The number of hydrogen-bond acceptors (Lipinski definition) is 3. The van der Waals surface area contributed by atoms with E-state index in [4.69, 9.17) is 5.73 Å². The Kier molecular flexibility index (Phi) is 3.90. The van der Waals surface area contributed by atoms with Gasteiger partial charge < -0.3 is 5.73 Å². The minimum Gasteiger partial charge on any atom is -0.363 e. The highest BCUT2D eigenvalue weighted by Gasteiger charge is 2.08. The SMILES string of the molecule is CCCc1ccc(-c2cc(C)nc(C(N)=O)n2)cc1. The Morgan fingerprint density at radius 2 is 1.89 bits per heavy atom. The lowest BCUT2D eigenvalue weighted by Gasteiger charge is -2.05. The van der Waals surface area contributed by atoms with Crippen molar-refractivity contribution in [3.8, 4) is 11.3 Å². The highest BCUT2D eigenvalue weighted by atomic mass is 16.1. The van der Waals surface area contributed by atoms with Crippen molar-refractivity contribution in [2.24, 2.45) is 5.73 Å². The van der Waals surface area contributed by atoms with Crippen molar-refractivity contribution in [2.75, 3.05) is 0 Å². The number of benzene rings is 1. The number of aromatic nitrogens is 2. The lowest BCUT2D eigenvalue weighted by Crippen LogP contribution is -2.16. The second kappa shape index (κ2) is 5.61. The molecule has 1 aromatic heterocycles. The molecule has 0 fully saturated rings. The van der Waals surface area contributed by atoms with Gasteiger partial charge in [0.2, 0.25) is 5.82 Å². The van der Waals surface area contributed by atoms with Crippen molar-refractivity contribution < 1.29 is 4.79 Å². The summed E-state index contributed by atoms with van der Waals surface area (Å²) in [6, 6.07) is 10.0. The average Bonchev–Trinajstić information content (AvgIpc) is 2.39. The van der Waals surface area contributed by atoms with E-state index in [0.717, 1.165) is 29.8 Å². The molecule has 19 heavy (non-hydrogen) atoms. The van der Waals surface area contributed by atoms with Gasteiger partial charge in [-0.2, -0.15) is 0 Å². The van der Waals surface area contributed by atoms with Crippen LogP contribution >= 0.6 is 0 Å². The van der Waals surface area contributed by atoms with Gasteiger partial charge in [-0.3, -0.25) is 4.79 Å². The molecule has 2 N–H and O–H groups in total. The van der Waals surface area contributed by atoms with Crippen LogP contribution in [0.3, 0.4) is 0 Å². The summed E-state index contributed by atoms with van der Waals surface area (Å²) in [6.07, 6.45) is 2.19. The van der Waals surface area contributed by atoms with Crippen molar-refractivity contribution in [3.63, 3.8) is 0 Å². The summed E-state index contributed by atoms with van der Waals surface area (Å²) in [6.45, 7) is 3.98. The van der Waals surface area contributed by atoms with Crippen LogP contribution in [0.1, 0.15) is 35.2 Å². The van der Waals surface area contributed by atoms with Gasteiger partial charge in [0.1, 0.15) is 0 Å². The summed E-state index contributed by atoms with van der Waals surface area (Å²) >= 11 is 0. The van der Waals surface area contributed by atoms with Crippen molar-refractivity contribution in [2.45, 2.75) is 26.7 Å². The fourth-order valence-electron chi connectivity index (χ4n) is 1.96. The monoisotopic (exact) mass is 255 g/mol. The minimum atomic E-state index is -0.604. The standard InChI is InChI=1S/C15H17N3O/c1-3-4-11-5-7-12(8-6-11)13-9-10(2)17-15(18-13)14(16)19/h5-9H,3-4H2,1-2H3,(H2,16,19). The predicted molar refractivity (Wildman–Crippen MR) is 74.7 cm³/mol. The first-order chi connectivity index (χ1) is 9.10. The van der Waals surface area contributed by atoms with Gasteiger partial charge in [0, 0.05) is 11.3 Å². The number of nitrogens with two attached hydrogens (primary N) is 1. The van der Waals surface area contributed by atoms with Crippen molar-refractivity contribution in [3.05, 3.63) is 47.4 Å². The molecule has 0 spiro atoms. The van der Waals surface area contributed by atoms with Gasteiger partial charge in [0.05, 0.1) is 5.69 Å². The Morgan fingerprint density at radius 1 is 1.21 bits per heavy atom. The fourth-order valence-corrected chi connectivity index (χ4v) is 1.96. The molecule has 0 bridgehead atoms. The molecule has 2 rings (SSSR count). The van der Waals surface area contributed by atoms with Gasteiger partial charge in [-0.15, -0.1) is 0 Å². The van der Waals surface area contributed by atoms with Crippen LogP contribution in [0.25, 0.3) is 11.3 Å². The Labute approximate surface area is 112 Å². The van der Waals surface area contributed by atoms with E-state index in [9.17, 15) is 4.79 Å². The van der Waals surface area contributed by atoms with Crippen LogP contribution in [-0.2, 0) is 6.42 Å². The van der Waals surface area contributed by atoms with Crippen LogP contribution < -0.4 is 5.73 Å². The fraction of sp³-hybridized carbons (Fsp3) is 0.267. The highest BCUT2D eigenvalue weighted by Crippen LogP contribution is 2.19. The van der Waals surface area contributed by atoms with E-state index in [1.54, 1.807) is 0 Å². The van der Waals surface area contributed by atoms with E-state index in [-0.39, 0.29) is 5.82 Å². The van der Waals surface area contributed by atoms with Crippen molar-refractivity contribution >= 4 is 5.91 Å². The van der Waals surface area contributed by atoms with Gasteiger partial charge in [-0.1, -0.05) is 37.6 Å². The Balaban J connectivity index is 2.38. The van der Waals surface area contributed by atoms with E-state index in [2.05, 4.69) is 29.0 Å². The smallest absolute Gasteiger partial charge is 0.286 e. The zero-order valence-corrected chi connectivity index (χ0v) is 11.2. The number of primary amides is 1. The first-order valence-corrected chi connectivity index (χ1v) is 6.35. The first-order valence-electron chi connectivity index (χ1n) is 6.35. The molecule has 4 heteroatoms. The number of aryl methyl sites for hydroxylation is 2. The molecule has 0 aliphatic rings. The van der Waals surface area contributed by atoms with E-state index in [1.807, 2.05) is 25.1 Å². The summed E-state index contributed by atoms with van der Waals surface area (Å²) in [4.78, 5) is 19.4. The molecule has 2 aromatic rings. The van der Waals surface area contributed by atoms with Crippen LogP contribution in [-0.4, -0.2) is 15.9 Å². The molecule has 0 saturated carbocycles. The molecule has 1 heterocycles. The van der Waals surface area contributed by atoms with E-state index in [0.29, 0.717) is 0 Å². The third-order valence-electron chi connectivity index (χ3n) is 2.86. The highest BCUT2D eigenvalue weighted by molar-refractivity contribution is 5.89. The predicted octanol–water partition coefficient (Wildman–Crippen LogP) is 2.50. The quantitative estimate of drug-likeness (QED) is 0.912. The summed E-state index contributed by atoms with van der Waals surface area (Å²) < 4.78 is 0. The number of amides is 1. The maximum absolute atomic E-state index is 11.2. The second-order valence-corrected chi connectivity index (χ2v) is 4.53. The molecule has 1 amide bonds. The second-order valence-electron chi connectivity index (χ2n) is 4.53. The molecule has 0 radical (unpaired) electrons. The maximum Gasteiger partial charge on any atom is 0.286 e. The Morgan fingerprint density at radius 3 is 2.47 bits per heavy atom. The van der Waals surface area contributed by atoms with Gasteiger partial charge in [-0.05, 0) is 25.0 Å². The lowest BCUT2D eigenvalue weighted by molar-refractivity contribution is 0.0990. The largest absolute Gasteiger partial charge is 0.363 e. The maximum atomic E-state index is 11.2. The van der Waals surface area contributed by atoms with Crippen LogP contribution in [0.2, 0.25) is 0 Å². The Bertz CT molecular complexity index is 591. The number of carbonyl (C=O) groups excluding carboxylic acids is 1. The van der Waals surface area contributed by atoms with Gasteiger partial charge in [0.25, 0.3) is 5.91 Å². The van der Waals surface area contributed by atoms with Gasteiger partial charge in [-0.25, -0.2) is 9.97 Å². The molecule has 4 nitrogen and oxygen atoms in total. The van der Waals surface area contributed by atoms with Crippen LogP contribution in [0, 0.1) is 6.92 Å². The van der Waals surface area contributed by atoms with E-state index in [1.165, 1.54) is 5.56 Å². The van der Waals surface area contributed by atoms with Crippen molar-refractivity contribution in [1.82, 2.24) is 9.97 Å². The molecule has 98 valence electrons. The van der Waals surface area contributed by atoms with E-state index < -0.39 is 5.91 Å². The van der Waals surface area contributed by atoms with Crippen molar-refractivity contribution in [1.29, 1.82) is 0 Å². The summed E-state index contributed by atoms with van der Waals surface area (Å²) in [5, 5.41) is 0.